The Labute approximate surface area is 221 Å². The van der Waals surface area contributed by atoms with E-state index in [2.05, 4.69) is 33.8 Å². The van der Waals surface area contributed by atoms with Crippen LogP contribution in [-0.4, -0.2) is 47.3 Å². The molecule has 1 aliphatic heterocycles. The largest absolute Gasteiger partial charge is 0.494 e. The first-order valence-electron chi connectivity index (χ1n) is 12.9. The molecule has 4 aromatic rings. The van der Waals surface area contributed by atoms with Crippen LogP contribution in [0.4, 0.5) is 0 Å². The molecule has 1 fully saturated rings. The monoisotopic (exact) mass is 510 g/mol. The molecule has 0 spiro atoms. The summed E-state index contributed by atoms with van der Waals surface area (Å²) in [5, 5.41) is 11.9. The van der Waals surface area contributed by atoms with Crippen molar-refractivity contribution in [3.05, 3.63) is 95.7 Å². The van der Waals surface area contributed by atoms with Gasteiger partial charge in [0.05, 0.1) is 37.9 Å². The van der Waals surface area contributed by atoms with Crippen LogP contribution in [0, 0.1) is 5.92 Å². The summed E-state index contributed by atoms with van der Waals surface area (Å²) in [6.07, 6.45) is 1.81. The standard InChI is InChI=1S/C30H30N4O4/c1-3-37-22-12-9-20(10-13-22)25(18-36-2)31-30(35)28-27-23-15-21(11-14-26(23)38-29(27)28)24-17-34(33-32-24)16-19-7-5-4-6-8-19/h4-15,17,25,27-29H,3,16,18H2,1-2H3,(H,31,35)/t25-,27?,28?,29?/m0/s1. The molecule has 1 aromatic heterocycles. The minimum atomic E-state index is -0.255. The minimum Gasteiger partial charge on any atom is -0.494 e. The number of ether oxygens (including phenoxy) is 3. The predicted octanol–water partition coefficient (Wildman–Crippen LogP) is 4.37. The van der Waals surface area contributed by atoms with Gasteiger partial charge in [0.15, 0.2) is 0 Å². The Bertz CT molecular complexity index is 1420. The number of methoxy groups -OCH3 is 1. The van der Waals surface area contributed by atoms with E-state index in [0.29, 0.717) is 19.8 Å². The SMILES string of the molecule is CCOc1ccc([C@H](COC)NC(=O)C2C3Oc4ccc(-c5cn(Cc6ccccc6)nn5)cc4C32)cc1. The maximum atomic E-state index is 13.3. The van der Waals surface area contributed by atoms with Gasteiger partial charge in [-0.25, -0.2) is 4.68 Å². The summed E-state index contributed by atoms with van der Waals surface area (Å²) in [7, 11) is 1.64. The van der Waals surface area contributed by atoms with Gasteiger partial charge in [-0.3, -0.25) is 4.79 Å². The molecule has 3 unspecified atom stereocenters. The number of hydrogen-bond acceptors (Lipinski definition) is 6. The highest BCUT2D eigenvalue weighted by molar-refractivity contribution is 5.86. The van der Waals surface area contributed by atoms with Crippen molar-refractivity contribution in [2.24, 2.45) is 5.92 Å². The molecule has 8 heteroatoms. The van der Waals surface area contributed by atoms with Crippen LogP contribution in [-0.2, 0) is 16.1 Å². The van der Waals surface area contributed by atoms with Crippen molar-refractivity contribution >= 4 is 5.91 Å². The fourth-order valence-corrected chi connectivity index (χ4v) is 5.23. The number of hydrogen-bond donors (Lipinski definition) is 1. The lowest BCUT2D eigenvalue weighted by Crippen LogP contribution is -2.34. The summed E-state index contributed by atoms with van der Waals surface area (Å²) < 4.78 is 18.9. The molecule has 6 rings (SSSR count). The quantitative estimate of drug-likeness (QED) is 0.341. The molecule has 194 valence electrons. The summed E-state index contributed by atoms with van der Waals surface area (Å²) in [6.45, 7) is 3.60. The maximum absolute atomic E-state index is 13.3. The molecule has 1 saturated carbocycles. The highest BCUT2D eigenvalue weighted by Crippen LogP contribution is 2.59. The Morgan fingerprint density at radius 3 is 2.68 bits per heavy atom. The second-order valence-corrected chi connectivity index (χ2v) is 9.69. The third-order valence-corrected chi connectivity index (χ3v) is 7.15. The van der Waals surface area contributed by atoms with E-state index in [9.17, 15) is 4.79 Å². The third-order valence-electron chi connectivity index (χ3n) is 7.15. The Hall–Kier alpha value is -4.17. The second-order valence-electron chi connectivity index (χ2n) is 9.69. The summed E-state index contributed by atoms with van der Waals surface area (Å²) in [4.78, 5) is 13.3. The van der Waals surface area contributed by atoms with Gasteiger partial charge in [-0.05, 0) is 48.4 Å². The molecule has 2 heterocycles. The van der Waals surface area contributed by atoms with Crippen molar-refractivity contribution in [2.45, 2.75) is 31.5 Å². The summed E-state index contributed by atoms with van der Waals surface area (Å²) in [5.41, 5.74) is 4.94. The zero-order valence-corrected chi connectivity index (χ0v) is 21.4. The number of nitrogens with one attached hydrogen (secondary N) is 1. The van der Waals surface area contributed by atoms with Gasteiger partial charge in [0.25, 0.3) is 0 Å². The minimum absolute atomic E-state index is 0.0270. The average molecular weight is 511 g/mol. The van der Waals surface area contributed by atoms with E-state index in [-0.39, 0.29) is 29.9 Å². The molecule has 2 aliphatic rings. The van der Waals surface area contributed by atoms with Gasteiger partial charge >= 0.3 is 0 Å². The lowest BCUT2D eigenvalue weighted by molar-refractivity contribution is -0.124. The van der Waals surface area contributed by atoms with Gasteiger partial charge in [-0.15, -0.1) is 5.10 Å². The molecule has 1 N–H and O–H groups in total. The Kier molecular flexibility index (Phi) is 6.55. The third kappa shape index (κ3) is 4.75. The summed E-state index contributed by atoms with van der Waals surface area (Å²) in [6, 6.07) is 23.7. The summed E-state index contributed by atoms with van der Waals surface area (Å²) in [5.74, 6) is 1.42. The van der Waals surface area contributed by atoms with Crippen LogP contribution < -0.4 is 14.8 Å². The van der Waals surface area contributed by atoms with E-state index in [1.165, 1.54) is 0 Å². The topological polar surface area (TPSA) is 87.5 Å². The number of carbonyl (C=O) groups is 1. The highest BCUT2D eigenvalue weighted by atomic mass is 16.5. The van der Waals surface area contributed by atoms with Crippen LogP contribution in [0.5, 0.6) is 11.5 Å². The van der Waals surface area contributed by atoms with Crippen molar-refractivity contribution in [1.82, 2.24) is 20.3 Å². The second kappa shape index (κ2) is 10.3. The molecule has 1 amide bonds. The summed E-state index contributed by atoms with van der Waals surface area (Å²) >= 11 is 0. The number of aromatic nitrogens is 3. The molecule has 3 aromatic carbocycles. The molecule has 0 radical (unpaired) electrons. The van der Waals surface area contributed by atoms with Crippen molar-refractivity contribution in [3.8, 4) is 22.8 Å². The Balaban J connectivity index is 1.14. The first kappa shape index (κ1) is 24.2. The van der Waals surface area contributed by atoms with Crippen LogP contribution in [0.1, 0.15) is 35.6 Å². The van der Waals surface area contributed by atoms with Crippen LogP contribution in [0.15, 0.2) is 79.0 Å². The lowest BCUT2D eigenvalue weighted by atomic mass is 10.0. The fraction of sp³-hybridized carbons (Fsp3) is 0.300. The van der Waals surface area contributed by atoms with Gasteiger partial charge in [0, 0.05) is 24.2 Å². The molecule has 38 heavy (non-hydrogen) atoms. The molecule has 1 aliphatic carbocycles. The Morgan fingerprint density at radius 1 is 1.11 bits per heavy atom. The van der Waals surface area contributed by atoms with Gasteiger partial charge in [-0.2, -0.15) is 0 Å². The molecular weight excluding hydrogens is 480 g/mol. The van der Waals surface area contributed by atoms with E-state index in [1.807, 2.05) is 72.4 Å². The normalized spacial score (nSPS) is 19.7. The van der Waals surface area contributed by atoms with Crippen molar-refractivity contribution in [3.63, 3.8) is 0 Å². The molecule has 0 bridgehead atoms. The number of carbonyl (C=O) groups excluding carboxylic acids is 1. The molecule has 8 nitrogen and oxygen atoms in total. The lowest BCUT2D eigenvalue weighted by Gasteiger charge is -2.19. The number of rotatable bonds is 10. The van der Waals surface area contributed by atoms with E-state index in [4.69, 9.17) is 14.2 Å². The first-order chi connectivity index (χ1) is 18.6. The average Bonchev–Trinajstić information content (AvgIpc) is 3.25. The van der Waals surface area contributed by atoms with E-state index in [1.54, 1.807) is 7.11 Å². The number of amides is 1. The van der Waals surface area contributed by atoms with Gasteiger partial charge < -0.3 is 19.5 Å². The Morgan fingerprint density at radius 2 is 1.92 bits per heavy atom. The fourth-order valence-electron chi connectivity index (χ4n) is 5.23. The first-order valence-corrected chi connectivity index (χ1v) is 12.9. The molecule has 0 saturated heterocycles. The van der Waals surface area contributed by atoms with Gasteiger partial charge in [0.2, 0.25) is 5.91 Å². The van der Waals surface area contributed by atoms with Gasteiger partial charge in [0.1, 0.15) is 23.3 Å². The van der Waals surface area contributed by atoms with Crippen LogP contribution in [0.25, 0.3) is 11.3 Å². The maximum Gasteiger partial charge on any atom is 0.228 e. The zero-order chi connectivity index (χ0) is 26.1. The van der Waals surface area contributed by atoms with Gasteiger partial charge in [-0.1, -0.05) is 47.7 Å². The van der Waals surface area contributed by atoms with Crippen LogP contribution in [0.2, 0.25) is 0 Å². The van der Waals surface area contributed by atoms with Crippen molar-refractivity contribution < 1.29 is 19.0 Å². The molecular formula is C30H30N4O4. The van der Waals surface area contributed by atoms with Crippen molar-refractivity contribution in [2.75, 3.05) is 20.3 Å². The van der Waals surface area contributed by atoms with E-state index < -0.39 is 0 Å². The molecule has 4 atom stereocenters. The predicted molar refractivity (Wildman–Crippen MR) is 142 cm³/mol. The van der Waals surface area contributed by atoms with Crippen LogP contribution >= 0.6 is 0 Å². The van der Waals surface area contributed by atoms with E-state index in [0.717, 1.165) is 39.4 Å². The number of benzene rings is 3. The smallest absolute Gasteiger partial charge is 0.228 e. The zero-order valence-electron chi connectivity index (χ0n) is 21.4. The number of fused-ring (bicyclic) bond motifs is 3. The van der Waals surface area contributed by atoms with E-state index >= 15 is 0 Å². The van der Waals surface area contributed by atoms with Crippen LogP contribution in [0.3, 0.4) is 0 Å². The number of nitrogens with zero attached hydrogens (tertiary/aromatic N) is 3. The highest BCUT2D eigenvalue weighted by Gasteiger charge is 2.62. The van der Waals surface area contributed by atoms with Crippen molar-refractivity contribution in [1.29, 1.82) is 0 Å².